The first-order valence-electron chi connectivity index (χ1n) is 2.55. The van der Waals surface area contributed by atoms with Gasteiger partial charge in [-0.1, -0.05) is 22.9 Å². The number of rotatable bonds is 4. The van der Waals surface area contributed by atoms with Crippen molar-refractivity contribution in [3.8, 4) is 0 Å². The summed E-state index contributed by atoms with van der Waals surface area (Å²) < 4.78 is 5.07. The third kappa shape index (κ3) is 6.73. The second kappa shape index (κ2) is 5.86. The van der Waals surface area contributed by atoms with E-state index < -0.39 is 0 Å². The van der Waals surface area contributed by atoms with Crippen molar-refractivity contribution < 1.29 is 4.74 Å². The van der Waals surface area contributed by atoms with Crippen molar-refractivity contribution in [2.75, 3.05) is 19.1 Å². The molecule has 0 N–H and O–H groups in total. The highest BCUT2D eigenvalue weighted by molar-refractivity contribution is 9.09. The van der Waals surface area contributed by atoms with Gasteiger partial charge in [-0.2, -0.15) is 0 Å². The van der Waals surface area contributed by atoms with Gasteiger partial charge in [0.1, 0.15) is 0 Å². The van der Waals surface area contributed by atoms with Gasteiger partial charge in [-0.15, -0.1) is 11.6 Å². The second-order valence-corrected chi connectivity index (χ2v) is 3.49. The second-order valence-electron chi connectivity index (χ2n) is 1.54. The fourth-order valence-corrected chi connectivity index (χ4v) is 0.596. The van der Waals surface area contributed by atoms with Gasteiger partial charge in [0, 0.05) is 10.7 Å². The SMILES string of the molecule is CC(Br)COCCCl. The van der Waals surface area contributed by atoms with E-state index in [4.69, 9.17) is 16.3 Å². The van der Waals surface area contributed by atoms with Crippen LogP contribution in [0.1, 0.15) is 6.92 Å². The van der Waals surface area contributed by atoms with Crippen LogP contribution in [0.15, 0.2) is 0 Å². The van der Waals surface area contributed by atoms with Gasteiger partial charge in [0.05, 0.1) is 13.2 Å². The summed E-state index contributed by atoms with van der Waals surface area (Å²) in [4.78, 5) is 0.436. The first kappa shape index (κ1) is 8.73. The third-order valence-corrected chi connectivity index (χ3v) is 0.988. The zero-order chi connectivity index (χ0) is 6.41. The summed E-state index contributed by atoms with van der Waals surface area (Å²) in [5.74, 6) is 0.583. The summed E-state index contributed by atoms with van der Waals surface area (Å²) in [7, 11) is 0. The zero-order valence-corrected chi connectivity index (χ0v) is 7.20. The van der Waals surface area contributed by atoms with E-state index >= 15 is 0 Å². The highest BCUT2D eigenvalue weighted by atomic mass is 79.9. The van der Waals surface area contributed by atoms with Gasteiger partial charge in [0.2, 0.25) is 0 Å². The molecule has 0 heterocycles. The Hall–Kier alpha value is 0.730. The average Bonchev–Trinajstić information content (AvgIpc) is 1.66. The molecule has 1 unspecified atom stereocenters. The van der Waals surface area contributed by atoms with E-state index in [1.54, 1.807) is 0 Å². The smallest absolute Gasteiger partial charge is 0.0602 e. The van der Waals surface area contributed by atoms with Gasteiger partial charge in [-0.25, -0.2) is 0 Å². The normalized spacial score (nSPS) is 13.9. The van der Waals surface area contributed by atoms with E-state index in [1.807, 2.05) is 6.92 Å². The van der Waals surface area contributed by atoms with Crippen LogP contribution in [0.5, 0.6) is 0 Å². The quantitative estimate of drug-likeness (QED) is 0.500. The molecule has 0 radical (unpaired) electrons. The summed E-state index contributed by atoms with van der Waals surface area (Å²) >= 11 is 8.68. The van der Waals surface area contributed by atoms with E-state index in [-0.39, 0.29) is 0 Å². The molecule has 0 spiro atoms. The molecule has 0 fully saturated rings. The Kier molecular flexibility index (Phi) is 6.39. The molecule has 8 heavy (non-hydrogen) atoms. The molecule has 1 nitrogen and oxygen atoms in total. The summed E-state index contributed by atoms with van der Waals surface area (Å²) in [6, 6.07) is 0. The van der Waals surface area contributed by atoms with Crippen LogP contribution in [0.25, 0.3) is 0 Å². The Morgan fingerprint density at radius 3 is 2.75 bits per heavy atom. The minimum atomic E-state index is 0.436. The molecular weight excluding hydrogens is 191 g/mol. The Bertz CT molecular complexity index is 49.7. The minimum absolute atomic E-state index is 0.436. The van der Waals surface area contributed by atoms with E-state index in [2.05, 4.69) is 15.9 Å². The number of ether oxygens (including phenoxy) is 1. The Balaban J connectivity index is 2.72. The van der Waals surface area contributed by atoms with E-state index in [1.165, 1.54) is 0 Å². The average molecular weight is 201 g/mol. The molecule has 0 aliphatic heterocycles. The molecule has 0 aromatic carbocycles. The van der Waals surface area contributed by atoms with Gasteiger partial charge in [-0.3, -0.25) is 0 Å². The van der Waals surface area contributed by atoms with Crippen molar-refractivity contribution >= 4 is 27.5 Å². The van der Waals surface area contributed by atoms with E-state index in [0.29, 0.717) is 17.3 Å². The molecule has 1 atom stereocenters. The van der Waals surface area contributed by atoms with Crippen LogP contribution in [0.3, 0.4) is 0 Å². The molecule has 0 aromatic heterocycles. The number of hydrogen-bond acceptors (Lipinski definition) is 1. The molecule has 0 aliphatic carbocycles. The fraction of sp³-hybridized carbons (Fsp3) is 1.00. The number of hydrogen-bond donors (Lipinski definition) is 0. The molecular formula is C5H10BrClO. The first-order valence-corrected chi connectivity index (χ1v) is 4.00. The fourth-order valence-electron chi connectivity index (χ4n) is 0.300. The van der Waals surface area contributed by atoms with Gasteiger partial charge in [-0.05, 0) is 0 Å². The van der Waals surface area contributed by atoms with Crippen LogP contribution < -0.4 is 0 Å². The maximum atomic E-state index is 5.34. The molecule has 3 heteroatoms. The van der Waals surface area contributed by atoms with Crippen molar-refractivity contribution in [2.24, 2.45) is 0 Å². The lowest BCUT2D eigenvalue weighted by Crippen LogP contribution is -2.05. The molecule has 0 aromatic rings. The lowest BCUT2D eigenvalue weighted by Gasteiger charge is -2.01. The lowest BCUT2D eigenvalue weighted by atomic mass is 10.5. The van der Waals surface area contributed by atoms with Crippen molar-refractivity contribution in [2.45, 2.75) is 11.8 Å². The monoisotopic (exact) mass is 200 g/mol. The summed E-state index contributed by atoms with van der Waals surface area (Å²) in [6.45, 7) is 3.43. The predicted molar refractivity (Wildman–Crippen MR) is 39.9 cm³/mol. The van der Waals surface area contributed by atoms with Gasteiger partial charge >= 0.3 is 0 Å². The number of alkyl halides is 2. The summed E-state index contributed by atoms with van der Waals surface area (Å²) in [5.41, 5.74) is 0. The predicted octanol–water partition coefficient (Wildman–Crippen LogP) is 2.03. The summed E-state index contributed by atoms with van der Waals surface area (Å²) in [5, 5.41) is 0. The van der Waals surface area contributed by atoms with Gasteiger partial charge in [0.15, 0.2) is 0 Å². The van der Waals surface area contributed by atoms with Crippen molar-refractivity contribution in [3.05, 3.63) is 0 Å². The van der Waals surface area contributed by atoms with Crippen LogP contribution in [-0.4, -0.2) is 23.9 Å². The molecule has 0 rings (SSSR count). The highest BCUT2D eigenvalue weighted by Crippen LogP contribution is 1.96. The zero-order valence-electron chi connectivity index (χ0n) is 4.86. The number of halogens is 2. The van der Waals surface area contributed by atoms with Crippen LogP contribution in [0.2, 0.25) is 0 Å². The Morgan fingerprint density at radius 1 is 1.75 bits per heavy atom. The molecule has 50 valence electrons. The van der Waals surface area contributed by atoms with Gasteiger partial charge < -0.3 is 4.74 Å². The van der Waals surface area contributed by atoms with Gasteiger partial charge in [0.25, 0.3) is 0 Å². The molecule has 0 saturated heterocycles. The van der Waals surface area contributed by atoms with Crippen LogP contribution >= 0.6 is 27.5 Å². The van der Waals surface area contributed by atoms with Crippen molar-refractivity contribution in [1.82, 2.24) is 0 Å². The van der Waals surface area contributed by atoms with E-state index in [0.717, 1.165) is 6.61 Å². The summed E-state index contributed by atoms with van der Waals surface area (Å²) in [6.07, 6.45) is 0. The van der Waals surface area contributed by atoms with Crippen molar-refractivity contribution in [3.63, 3.8) is 0 Å². The first-order chi connectivity index (χ1) is 3.77. The standard InChI is InChI=1S/C5H10BrClO/c1-5(6)4-8-3-2-7/h5H,2-4H2,1H3. The molecule has 0 bridgehead atoms. The largest absolute Gasteiger partial charge is 0.379 e. The van der Waals surface area contributed by atoms with Crippen LogP contribution in [0, 0.1) is 0 Å². The maximum absolute atomic E-state index is 5.34. The molecule has 0 aliphatic rings. The Labute approximate surface area is 63.5 Å². The maximum Gasteiger partial charge on any atom is 0.0602 e. The Morgan fingerprint density at radius 2 is 2.38 bits per heavy atom. The van der Waals surface area contributed by atoms with E-state index in [9.17, 15) is 0 Å². The van der Waals surface area contributed by atoms with Crippen LogP contribution in [-0.2, 0) is 4.74 Å². The third-order valence-electron chi connectivity index (χ3n) is 0.569. The van der Waals surface area contributed by atoms with Crippen molar-refractivity contribution in [1.29, 1.82) is 0 Å². The highest BCUT2D eigenvalue weighted by Gasteiger charge is 1.92. The molecule has 0 amide bonds. The lowest BCUT2D eigenvalue weighted by molar-refractivity contribution is 0.154. The van der Waals surface area contributed by atoms with Crippen LogP contribution in [0.4, 0.5) is 0 Å². The topological polar surface area (TPSA) is 9.23 Å². The minimum Gasteiger partial charge on any atom is -0.379 e. The molecule has 0 saturated carbocycles.